The van der Waals surface area contributed by atoms with E-state index < -0.39 is 6.04 Å². The van der Waals surface area contributed by atoms with Gasteiger partial charge in [-0.2, -0.15) is 0 Å². The highest BCUT2D eigenvalue weighted by Gasteiger charge is 2.21. The monoisotopic (exact) mass is 338 g/mol. The van der Waals surface area contributed by atoms with Gasteiger partial charge in [0.2, 0.25) is 11.8 Å². The number of carbonyl (C=O) groups is 2. The standard InChI is InChI=1S/C21H26N2O2/c1-3-19(21(25)22-15-18-12-8-5-9-13-18)23-20(24)16(2)14-17-10-6-4-7-11-17/h4-13,16,19H,3,14-15H2,1-2H3,(H,22,25)(H,23,24)/t16-,19-/m0/s1. The third-order valence-corrected chi connectivity index (χ3v) is 4.18. The molecule has 0 saturated carbocycles. The van der Waals surface area contributed by atoms with Crippen molar-refractivity contribution in [2.75, 3.05) is 0 Å². The van der Waals surface area contributed by atoms with Crippen LogP contribution in [0.5, 0.6) is 0 Å². The summed E-state index contributed by atoms with van der Waals surface area (Å²) in [4.78, 5) is 24.7. The fourth-order valence-corrected chi connectivity index (χ4v) is 2.64. The molecule has 0 heterocycles. The van der Waals surface area contributed by atoms with E-state index in [-0.39, 0.29) is 17.7 Å². The number of rotatable bonds is 8. The third kappa shape index (κ3) is 6.07. The second-order valence-electron chi connectivity index (χ2n) is 6.26. The molecule has 2 rings (SSSR count). The molecule has 2 atom stereocenters. The van der Waals surface area contributed by atoms with E-state index in [0.717, 1.165) is 11.1 Å². The Balaban J connectivity index is 1.84. The van der Waals surface area contributed by atoms with Gasteiger partial charge < -0.3 is 10.6 Å². The van der Waals surface area contributed by atoms with Gasteiger partial charge in [0.1, 0.15) is 6.04 Å². The van der Waals surface area contributed by atoms with E-state index in [2.05, 4.69) is 10.6 Å². The van der Waals surface area contributed by atoms with Gasteiger partial charge in [0, 0.05) is 12.5 Å². The summed E-state index contributed by atoms with van der Waals surface area (Å²) in [7, 11) is 0. The molecule has 4 heteroatoms. The first-order valence-corrected chi connectivity index (χ1v) is 8.76. The summed E-state index contributed by atoms with van der Waals surface area (Å²) in [6.45, 7) is 4.25. The van der Waals surface area contributed by atoms with Gasteiger partial charge in [-0.3, -0.25) is 9.59 Å². The number of carbonyl (C=O) groups excluding carboxylic acids is 2. The smallest absolute Gasteiger partial charge is 0.242 e. The van der Waals surface area contributed by atoms with Gasteiger partial charge in [-0.05, 0) is 24.0 Å². The highest BCUT2D eigenvalue weighted by molar-refractivity contribution is 5.88. The second-order valence-corrected chi connectivity index (χ2v) is 6.26. The molecule has 4 nitrogen and oxygen atoms in total. The highest BCUT2D eigenvalue weighted by Crippen LogP contribution is 2.09. The molecule has 0 aromatic heterocycles. The van der Waals surface area contributed by atoms with Gasteiger partial charge in [0.25, 0.3) is 0 Å². The quantitative estimate of drug-likeness (QED) is 0.777. The van der Waals surface area contributed by atoms with Crippen molar-refractivity contribution in [3.63, 3.8) is 0 Å². The lowest BCUT2D eigenvalue weighted by atomic mass is 10.00. The maximum absolute atomic E-state index is 12.4. The van der Waals surface area contributed by atoms with Crippen molar-refractivity contribution in [1.29, 1.82) is 0 Å². The Morgan fingerprint density at radius 1 is 0.880 bits per heavy atom. The van der Waals surface area contributed by atoms with E-state index in [1.165, 1.54) is 0 Å². The summed E-state index contributed by atoms with van der Waals surface area (Å²) in [6.07, 6.45) is 1.22. The molecule has 2 aromatic carbocycles. The van der Waals surface area contributed by atoms with Gasteiger partial charge in [-0.1, -0.05) is 74.5 Å². The Kier molecular flexibility index (Phi) is 7.20. The lowest BCUT2D eigenvalue weighted by molar-refractivity contribution is -0.131. The molecule has 0 aliphatic rings. The fraction of sp³-hybridized carbons (Fsp3) is 0.333. The van der Waals surface area contributed by atoms with Gasteiger partial charge in [-0.15, -0.1) is 0 Å². The summed E-state index contributed by atoms with van der Waals surface area (Å²) in [5.41, 5.74) is 2.15. The SMILES string of the molecule is CC[C@H](NC(=O)[C@@H](C)Cc1ccccc1)C(=O)NCc1ccccc1. The van der Waals surface area contributed by atoms with Gasteiger partial charge in [-0.25, -0.2) is 0 Å². The minimum absolute atomic E-state index is 0.0921. The first-order chi connectivity index (χ1) is 12.1. The summed E-state index contributed by atoms with van der Waals surface area (Å²) in [6, 6.07) is 19.1. The zero-order valence-electron chi connectivity index (χ0n) is 14.9. The molecule has 0 unspecified atom stereocenters. The Hall–Kier alpha value is -2.62. The minimum Gasteiger partial charge on any atom is -0.350 e. The molecule has 0 aliphatic carbocycles. The summed E-state index contributed by atoms with van der Waals surface area (Å²) < 4.78 is 0. The van der Waals surface area contributed by atoms with Crippen molar-refractivity contribution in [2.24, 2.45) is 5.92 Å². The topological polar surface area (TPSA) is 58.2 Å². The molecule has 0 bridgehead atoms. The van der Waals surface area contributed by atoms with E-state index in [1.54, 1.807) is 0 Å². The lowest BCUT2D eigenvalue weighted by Crippen LogP contribution is -2.47. The van der Waals surface area contributed by atoms with Crippen LogP contribution in [0.2, 0.25) is 0 Å². The van der Waals surface area contributed by atoms with Crippen molar-refractivity contribution in [2.45, 2.75) is 39.3 Å². The molecule has 25 heavy (non-hydrogen) atoms. The molecule has 132 valence electrons. The van der Waals surface area contributed by atoms with Gasteiger partial charge in [0.05, 0.1) is 0 Å². The molecular weight excluding hydrogens is 312 g/mol. The Morgan fingerprint density at radius 2 is 1.44 bits per heavy atom. The largest absolute Gasteiger partial charge is 0.350 e. The maximum atomic E-state index is 12.4. The zero-order chi connectivity index (χ0) is 18.1. The van der Waals surface area contributed by atoms with E-state index in [0.29, 0.717) is 19.4 Å². The Labute approximate surface area is 149 Å². The molecule has 2 amide bonds. The Morgan fingerprint density at radius 3 is 2.00 bits per heavy atom. The predicted molar refractivity (Wildman–Crippen MR) is 99.8 cm³/mol. The summed E-state index contributed by atoms with van der Waals surface area (Å²) >= 11 is 0. The minimum atomic E-state index is -0.505. The average Bonchev–Trinajstić information content (AvgIpc) is 2.65. The van der Waals surface area contributed by atoms with Crippen molar-refractivity contribution >= 4 is 11.8 Å². The van der Waals surface area contributed by atoms with E-state index in [4.69, 9.17) is 0 Å². The Bertz CT molecular complexity index is 671. The highest BCUT2D eigenvalue weighted by atomic mass is 16.2. The van der Waals surface area contributed by atoms with Crippen LogP contribution in [0.15, 0.2) is 60.7 Å². The molecule has 2 N–H and O–H groups in total. The predicted octanol–water partition coefficient (Wildman–Crippen LogP) is 3.08. The fourth-order valence-electron chi connectivity index (χ4n) is 2.64. The molecule has 0 spiro atoms. The van der Waals surface area contributed by atoms with Crippen LogP contribution in [0.3, 0.4) is 0 Å². The molecule has 2 aromatic rings. The number of benzene rings is 2. The van der Waals surface area contributed by atoms with Crippen LogP contribution in [-0.2, 0) is 22.6 Å². The van der Waals surface area contributed by atoms with E-state index in [1.807, 2.05) is 74.5 Å². The number of nitrogens with one attached hydrogen (secondary N) is 2. The van der Waals surface area contributed by atoms with Crippen LogP contribution < -0.4 is 10.6 Å². The molecule has 0 aliphatic heterocycles. The maximum Gasteiger partial charge on any atom is 0.242 e. The average molecular weight is 338 g/mol. The van der Waals surface area contributed by atoms with Crippen molar-refractivity contribution in [1.82, 2.24) is 10.6 Å². The van der Waals surface area contributed by atoms with Gasteiger partial charge >= 0.3 is 0 Å². The van der Waals surface area contributed by atoms with E-state index in [9.17, 15) is 9.59 Å². The molecular formula is C21H26N2O2. The third-order valence-electron chi connectivity index (χ3n) is 4.18. The van der Waals surface area contributed by atoms with Crippen LogP contribution in [0.1, 0.15) is 31.4 Å². The van der Waals surface area contributed by atoms with Crippen LogP contribution in [0.25, 0.3) is 0 Å². The van der Waals surface area contributed by atoms with Crippen molar-refractivity contribution < 1.29 is 9.59 Å². The van der Waals surface area contributed by atoms with Crippen molar-refractivity contribution in [3.05, 3.63) is 71.8 Å². The summed E-state index contributed by atoms with van der Waals surface area (Å²) in [5.74, 6) is -0.421. The number of amides is 2. The van der Waals surface area contributed by atoms with Gasteiger partial charge in [0.15, 0.2) is 0 Å². The lowest BCUT2D eigenvalue weighted by Gasteiger charge is -2.19. The zero-order valence-corrected chi connectivity index (χ0v) is 14.9. The molecule has 0 saturated heterocycles. The summed E-state index contributed by atoms with van der Waals surface area (Å²) in [5, 5.41) is 5.76. The van der Waals surface area contributed by atoms with Crippen LogP contribution in [0.4, 0.5) is 0 Å². The van der Waals surface area contributed by atoms with Crippen LogP contribution >= 0.6 is 0 Å². The van der Waals surface area contributed by atoms with Crippen LogP contribution in [0, 0.1) is 5.92 Å². The number of hydrogen-bond donors (Lipinski definition) is 2. The molecule has 0 radical (unpaired) electrons. The first kappa shape index (κ1) is 18.7. The van der Waals surface area contributed by atoms with Crippen LogP contribution in [-0.4, -0.2) is 17.9 Å². The normalized spacial score (nSPS) is 12.9. The first-order valence-electron chi connectivity index (χ1n) is 8.76. The van der Waals surface area contributed by atoms with E-state index >= 15 is 0 Å². The van der Waals surface area contributed by atoms with Crippen molar-refractivity contribution in [3.8, 4) is 0 Å². The number of hydrogen-bond acceptors (Lipinski definition) is 2. The second kappa shape index (κ2) is 9.62. The molecule has 0 fully saturated rings.